The van der Waals surface area contributed by atoms with Gasteiger partial charge >= 0.3 is 0 Å². The van der Waals surface area contributed by atoms with E-state index in [1.54, 1.807) is 12.1 Å². The number of aliphatic hydroxyl groups excluding tert-OH is 1. The van der Waals surface area contributed by atoms with Crippen LogP contribution in [0.2, 0.25) is 0 Å². The molecule has 0 unspecified atom stereocenters. The van der Waals surface area contributed by atoms with Crippen LogP contribution in [0.25, 0.3) is 0 Å². The molecule has 20 heavy (non-hydrogen) atoms. The lowest BCUT2D eigenvalue weighted by Gasteiger charge is -2.14. The van der Waals surface area contributed by atoms with Gasteiger partial charge < -0.3 is 10.0 Å². The summed E-state index contributed by atoms with van der Waals surface area (Å²) < 4.78 is 26.7. The Bertz CT molecular complexity index is 508. The van der Waals surface area contributed by atoms with Crippen molar-refractivity contribution >= 4 is 10.0 Å². The number of hydrogen-bond acceptors (Lipinski definition) is 4. The molecule has 0 saturated carbocycles. The summed E-state index contributed by atoms with van der Waals surface area (Å²) in [5.41, 5.74) is 0.706. The molecule has 6 heteroatoms. The zero-order chi connectivity index (χ0) is 14.4. The van der Waals surface area contributed by atoms with Gasteiger partial charge in [-0.1, -0.05) is 12.1 Å². The molecular formula is C14H22N2O3S. The van der Waals surface area contributed by atoms with Crippen LogP contribution < -0.4 is 4.72 Å². The number of hydrogen-bond donors (Lipinski definition) is 2. The molecule has 1 aliphatic heterocycles. The zero-order valence-corrected chi connectivity index (χ0v) is 12.4. The molecule has 0 atom stereocenters. The smallest absolute Gasteiger partial charge is 0.240 e. The third-order valence-corrected chi connectivity index (χ3v) is 5.04. The summed E-state index contributed by atoms with van der Waals surface area (Å²) in [6.07, 6.45) is 3.33. The molecule has 2 rings (SSSR count). The Kier molecular flexibility index (Phi) is 5.54. The van der Waals surface area contributed by atoms with E-state index in [2.05, 4.69) is 9.62 Å². The third-order valence-electron chi connectivity index (χ3n) is 3.56. The highest BCUT2D eigenvalue weighted by atomic mass is 32.2. The predicted octanol–water partition coefficient (Wildman–Crippen LogP) is 0.943. The van der Waals surface area contributed by atoms with E-state index < -0.39 is 10.0 Å². The van der Waals surface area contributed by atoms with Crippen molar-refractivity contribution in [2.24, 2.45) is 0 Å². The number of benzene rings is 1. The number of nitrogens with zero attached hydrogens (tertiary/aromatic N) is 1. The Labute approximate surface area is 120 Å². The van der Waals surface area contributed by atoms with Gasteiger partial charge in [-0.2, -0.15) is 0 Å². The molecule has 1 heterocycles. The Morgan fingerprint density at radius 1 is 1.15 bits per heavy atom. The molecule has 0 radical (unpaired) electrons. The largest absolute Gasteiger partial charge is 0.392 e. The molecule has 0 aromatic heterocycles. The first-order valence-electron chi connectivity index (χ1n) is 7.03. The molecule has 0 amide bonds. The summed E-state index contributed by atoms with van der Waals surface area (Å²) in [6.45, 7) is 3.60. The van der Waals surface area contributed by atoms with Crippen molar-refractivity contribution in [3.05, 3.63) is 29.8 Å². The third kappa shape index (κ3) is 4.28. The molecule has 1 aromatic carbocycles. The molecule has 1 saturated heterocycles. The molecule has 0 spiro atoms. The van der Waals surface area contributed by atoms with Crippen LogP contribution in [-0.4, -0.2) is 44.6 Å². The van der Waals surface area contributed by atoms with Gasteiger partial charge in [-0.25, -0.2) is 13.1 Å². The van der Waals surface area contributed by atoms with E-state index in [0.29, 0.717) is 12.1 Å². The van der Waals surface area contributed by atoms with E-state index in [0.717, 1.165) is 26.1 Å². The van der Waals surface area contributed by atoms with Crippen LogP contribution in [0.1, 0.15) is 24.8 Å². The van der Waals surface area contributed by atoms with Crippen molar-refractivity contribution in [1.82, 2.24) is 9.62 Å². The Hall–Kier alpha value is -0.950. The average molecular weight is 298 g/mol. The fraction of sp³-hybridized carbons (Fsp3) is 0.571. The molecule has 0 bridgehead atoms. The van der Waals surface area contributed by atoms with Gasteiger partial charge in [0.2, 0.25) is 10.0 Å². The molecule has 5 nitrogen and oxygen atoms in total. The number of rotatable bonds is 7. The highest BCUT2D eigenvalue weighted by molar-refractivity contribution is 7.89. The number of sulfonamides is 1. The van der Waals surface area contributed by atoms with Gasteiger partial charge in [0, 0.05) is 6.54 Å². The van der Waals surface area contributed by atoms with Gasteiger partial charge in [0.25, 0.3) is 0 Å². The van der Waals surface area contributed by atoms with Gasteiger partial charge in [-0.05, 0) is 56.6 Å². The molecule has 1 aliphatic rings. The first kappa shape index (κ1) is 15.4. The lowest BCUT2D eigenvalue weighted by atomic mass is 10.2. The van der Waals surface area contributed by atoms with Crippen molar-refractivity contribution in [1.29, 1.82) is 0 Å². The van der Waals surface area contributed by atoms with Crippen molar-refractivity contribution in [2.45, 2.75) is 30.8 Å². The van der Waals surface area contributed by atoms with Gasteiger partial charge in [-0.3, -0.25) is 0 Å². The van der Waals surface area contributed by atoms with E-state index in [1.807, 2.05) is 0 Å². The van der Waals surface area contributed by atoms with Gasteiger partial charge in [-0.15, -0.1) is 0 Å². The maximum Gasteiger partial charge on any atom is 0.240 e. The second-order valence-corrected chi connectivity index (χ2v) is 6.87. The fourth-order valence-electron chi connectivity index (χ4n) is 2.37. The molecular weight excluding hydrogens is 276 g/mol. The van der Waals surface area contributed by atoms with Crippen LogP contribution in [0.5, 0.6) is 0 Å². The highest BCUT2D eigenvalue weighted by Crippen LogP contribution is 2.11. The van der Waals surface area contributed by atoms with Crippen LogP contribution in [0.15, 0.2) is 29.2 Å². The number of likely N-dealkylation sites (tertiary alicyclic amines) is 1. The second-order valence-electron chi connectivity index (χ2n) is 5.10. The summed E-state index contributed by atoms with van der Waals surface area (Å²) in [5, 5.41) is 8.94. The highest BCUT2D eigenvalue weighted by Gasteiger charge is 2.14. The van der Waals surface area contributed by atoms with E-state index >= 15 is 0 Å². The van der Waals surface area contributed by atoms with Gasteiger partial charge in [0.1, 0.15) is 0 Å². The topological polar surface area (TPSA) is 69.6 Å². The molecule has 0 aliphatic carbocycles. The van der Waals surface area contributed by atoms with E-state index in [1.165, 1.54) is 25.0 Å². The summed E-state index contributed by atoms with van der Waals surface area (Å²) >= 11 is 0. The van der Waals surface area contributed by atoms with Gasteiger partial charge in [0.15, 0.2) is 0 Å². The molecule has 1 aromatic rings. The van der Waals surface area contributed by atoms with E-state index in [-0.39, 0.29) is 11.5 Å². The summed E-state index contributed by atoms with van der Waals surface area (Å²) in [6, 6.07) is 6.29. The standard InChI is InChI=1S/C14H22N2O3S/c17-12-13-4-6-14(7-5-13)20(18,19)15-8-3-11-16-9-1-2-10-16/h4-7,15,17H,1-3,8-12H2. The van der Waals surface area contributed by atoms with Crippen LogP contribution >= 0.6 is 0 Å². The number of nitrogens with one attached hydrogen (secondary N) is 1. The van der Waals surface area contributed by atoms with Crippen molar-refractivity contribution in [3.63, 3.8) is 0 Å². The summed E-state index contributed by atoms with van der Waals surface area (Å²) in [7, 11) is -3.43. The summed E-state index contributed by atoms with van der Waals surface area (Å²) in [5.74, 6) is 0. The van der Waals surface area contributed by atoms with Crippen LogP contribution in [0.4, 0.5) is 0 Å². The Balaban J connectivity index is 1.80. The van der Waals surface area contributed by atoms with Crippen LogP contribution in [0.3, 0.4) is 0 Å². The summed E-state index contributed by atoms with van der Waals surface area (Å²) in [4.78, 5) is 2.61. The zero-order valence-electron chi connectivity index (χ0n) is 11.6. The minimum absolute atomic E-state index is 0.0798. The van der Waals surface area contributed by atoms with Gasteiger partial charge in [0.05, 0.1) is 11.5 Å². The minimum Gasteiger partial charge on any atom is -0.392 e. The van der Waals surface area contributed by atoms with Crippen LogP contribution in [0, 0.1) is 0 Å². The maximum atomic E-state index is 12.0. The van der Waals surface area contributed by atoms with Crippen molar-refractivity contribution < 1.29 is 13.5 Å². The maximum absolute atomic E-state index is 12.0. The SMILES string of the molecule is O=S(=O)(NCCCN1CCCC1)c1ccc(CO)cc1. The van der Waals surface area contributed by atoms with Crippen LogP contribution in [-0.2, 0) is 16.6 Å². The second kappa shape index (κ2) is 7.17. The Morgan fingerprint density at radius 3 is 2.40 bits per heavy atom. The van der Waals surface area contributed by atoms with Crippen molar-refractivity contribution in [2.75, 3.05) is 26.2 Å². The predicted molar refractivity (Wildman–Crippen MR) is 77.8 cm³/mol. The Morgan fingerprint density at radius 2 is 1.80 bits per heavy atom. The lowest BCUT2D eigenvalue weighted by molar-refractivity contribution is 0.282. The van der Waals surface area contributed by atoms with E-state index in [9.17, 15) is 8.42 Å². The molecule has 2 N–H and O–H groups in total. The fourth-order valence-corrected chi connectivity index (χ4v) is 3.45. The monoisotopic (exact) mass is 298 g/mol. The first-order chi connectivity index (χ1) is 9.62. The number of aliphatic hydroxyl groups is 1. The first-order valence-corrected chi connectivity index (χ1v) is 8.52. The lowest BCUT2D eigenvalue weighted by Crippen LogP contribution is -2.28. The quantitative estimate of drug-likeness (QED) is 0.735. The average Bonchev–Trinajstić information content (AvgIpc) is 2.97. The molecule has 112 valence electrons. The molecule has 1 fully saturated rings. The normalized spacial score (nSPS) is 16.6. The van der Waals surface area contributed by atoms with E-state index in [4.69, 9.17) is 5.11 Å². The minimum atomic E-state index is -3.43. The van der Waals surface area contributed by atoms with Crippen molar-refractivity contribution in [3.8, 4) is 0 Å².